The number of anilines is 3. The molecule has 8 heteroatoms. The number of hydrogen-bond acceptors (Lipinski definition) is 6. The van der Waals surface area contributed by atoms with Crippen LogP contribution in [0.25, 0.3) is 11.3 Å². The second kappa shape index (κ2) is 10.9. The van der Waals surface area contributed by atoms with Gasteiger partial charge in [0.1, 0.15) is 0 Å². The van der Waals surface area contributed by atoms with Gasteiger partial charge in [-0.05, 0) is 67.9 Å². The maximum atomic E-state index is 13.2. The summed E-state index contributed by atoms with van der Waals surface area (Å²) in [6.07, 6.45) is 2.29. The topological polar surface area (TPSA) is 91.0 Å². The molecule has 1 saturated heterocycles. The highest BCUT2D eigenvalue weighted by Gasteiger charge is 2.29. The summed E-state index contributed by atoms with van der Waals surface area (Å²) in [6, 6.07) is 22.2. The zero-order valence-corrected chi connectivity index (χ0v) is 21.5. The summed E-state index contributed by atoms with van der Waals surface area (Å²) in [7, 11) is 3.12. The van der Waals surface area contributed by atoms with Crippen molar-refractivity contribution >= 4 is 46.1 Å². The maximum Gasteiger partial charge on any atom is 0.337 e. The monoisotopic (exact) mass is 510 g/mol. The number of fused-ring (bicyclic) bond motifs is 1. The number of rotatable bonds is 7. The molecule has 0 spiro atoms. The van der Waals surface area contributed by atoms with Crippen LogP contribution in [0.5, 0.6) is 0 Å². The van der Waals surface area contributed by atoms with Crippen LogP contribution in [0.2, 0.25) is 0 Å². The van der Waals surface area contributed by atoms with Gasteiger partial charge in [0.2, 0.25) is 5.91 Å². The van der Waals surface area contributed by atoms with Gasteiger partial charge in [0.25, 0.3) is 5.91 Å². The normalized spacial score (nSPS) is 16.0. The molecular weight excluding hydrogens is 480 g/mol. The third kappa shape index (κ3) is 5.17. The van der Waals surface area contributed by atoms with E-state index in [9.17, 15) is 14.4 Å². The number of likely N-dealkylation sites (N-methyl/N-ethyl adjacent to an activating group) is 1. The molecule has 2 amide bonds. The molecule has 0 atom stereocenters. The van der Waals surface area contributed by atoms with E-state index in [1.165, 1.54) is 7.11 Å². The molecule has 0 saturated carbocycles. The Labute approximate surface area is 221 Å². The minimum Gasteiger partial charge on any atom is -0.465 e. The van der Waals surface area contributed by atoms with Crippen molar-refractivity contribution in [2.75, 3.05) is 49.3 Å². The lowest BCUT2D eigenvalue weighted by Gasteiger charge is -2.22. The molecule has 194 valence electrons. The Morgan fingerprint density at radius 2 is 1.68 bits per heavy atom. The molecule has 0 aliphatic carbocycles. The third-order valence-electron chi connectivity index (χ3n) is 6.95. The molecule has 2 aliphatic heterocycles. The highest BCUT2D eigenvalue weighted by atomic mass is 16.5. The van der Waals surface area contributed by atoms with Crippen molar-refractivity contribution in [3.63, 3.8) is 0 Å². The number of nitrogens with zero attached hydrogens (tertiary/aromatic N) is 2. The summed E-state index contributed by atoms with van der Waals surface area (Å²) in [5, 5.41) is 6.30. The van der Waals surface area contributed by atoms with Gasteiger partial charge in [-0.15, -0.1) is 0 Å². The standard InChI is InChI=1S/C30H30N4O4/c1-33(26(35)19-34-16-6-7-17-34)23-13-11-22(12-14-23)31-28(20-8-4-3-5-9-20)27-24-15-10-21(30(37)38-2)18-25(24)32-29(27)36/h3-5,8-15,18,31H,6-7,16-17,19H2,1-2H3,(H,32,36)/b28-27-. The zero-order chi connectivity index (χ0) is 26.6. The summed E-state index contributed by atoms with van der Waals surface area (Å²) in [6.45, 7) is 2.37. The van der Waals surface area contributed by atoms with Gasteiger partial charge < -0.3 is 20.3 Å². The fraction of sp³-hybridized carbons (Fsp3) is 0.233. The predicted molar refractivity (Wildman–Crippen MR) is 149 cm³/mol. The first-order valence-electron chi connectivity index (χ1n) is 12.6. The van der Waals surface area contributed by atoms with Gasteiger partial charge in [-0.3, -0.25) is 14.5 Å². The molecule has 38 heavy (non-hydrogen) atoms. The molecule has 3 aromatic carbocycles. The Hall–Kier alpha value is -4.43. The van der Waals surface area contributed by atoms with Crippen LogP contribution in [0.3, 0.4) is 0 Å². The van der Waals surface area contributed by atoms with Crippen molar-refractivity contribution in [3.05, 3.63) is 89.5 Å². The maximum absolute atomic E-state index is 13.2. The number of esters is 1. The largest absolute Gasteiger partial charge is 0.465 e. The highest BCUT2D eigenvalue weighted by Crippen LogP contribution is 2.38. The number of hydrogen-bond donors (Lipinski definition) is 2. The number of amides is 2. The first-order valence-corrected chi connectivity index (χ1v) is 12.6. The van der Waals surface area contributed by atoms with Crippen molar-refractivity contribution in [1.29, 1.82) is 0 Å². The highest BCUT2D eigenvalue weighted by molar-refractivity contribution is 6.37. The van der Waals surface area contributed by atoms with Crippen LogP contribution in [0.1, 0.15) is 34.3 Å². The van der Waals surface area contributed by atoms with E-state index in [4.69, 9.17) is 4.74 Å². The molecule has 1 fully saturated rings. The van der Waals surface area contributed by atoms with Crippen LogP contribution in [-0.2, 0) is 14.3 Å². The van der Waals surface area contributed by atoms with Crippen LogP contribution in [-0.4, -0.2) is 56.5 Å². The number of carbonyl (C=O) groups is 3. The smallest absolute Gasteiger partial charge is 0.337 e. The molecule has 8 nitrogen and oxygen atoms in total. The number of likely N-dealkylation sites (tertiary alicyclic amines) is 1. The van der Waals surface area contributed by atoms with E-state index in [1.807, 2.05) is 54.6 Å². The number of nitrogens with one attached hydrogen (secondary N) is 2. The lowest BCUT2D eigenvalue weighted by Crippen LogP contribution is -2.37. The Morgan fingerprint density at radius 1 is 0.974 bits per heavy atom. The van der Waals surface area contributed by atoms with Crippen molar-refractivity contribution in [2.45, 2.75) is 12.8 Å². The van der Waals surface area contributed by atoms with Crippen LogP contribution < -0.4 is 15.5 Å². The quantitative estimate of drug-likeness (QED) is 0.360. The summed E-state index contributed by atoms with van der Waals surface area (Å²) in [5.41, 5.74) is 5.13. The van der Waals surface area contributed by atoms with Gasteiger partial charge in [0, 0.05) is 24.0 Å². The van der Waals surface area contributed by atoms with Crippen molar-refractivity contribution in [2.24, 2.45) is 0 Å². The van der Waals surface area contributed by atoms with Crippen molar-refractivity contribution in [1.82, 2.24) is 4.90 Å². The lowest BCUT2D eigenvalue weighted by atomic mass is 9.99. The van der Waals surface area contributed by atoms with Crippen LogP contribution in [0.4, 0.5) is 17.1 Å². The molecule has 0 radical (unpaired) electrons. The Kier molecular flexibility index (Phi) is 7.24. The van der Waals surface area contributed by atoms with Crippen LogP contribution in [0.15, 0.2) is 72.8 Å². The minimum atomic E-state index is -0.468. The van der Waals surface area contributed by atoms with Gasteiger partial charge in [-0.25, -0.2) is 4.79 Å². The average Bonchev–Trinajstić information content (AvgIpc) is 3.58. The number of ether oxygens (including phenoxy) is 1. The van der Waals surface area contributed by atoms with Gasteiger partial charge >= 0.3 is 5.97 Å². The van der Waals surface area contributed by atoms with Gasteiger partial charge in [0.15, 0.2) is 0 Å². The van der Waals surface area contributed by atoms with Crippen molar-refractivity contribution in [3.8, 4) is 0 Å². The Morgan fingerprint density at radius 3 is 2.37 bits per heavy atom. The Balaban J connectivity index is 1.44. The summed E-state index contributed by atoms with van der Waals surface area (Å²) < 4.78 is 4.82. The van der Waals surface area contributed by atoms with E-state index in [1.54, 1.807) is 30.1 Å². The molecule has 2 N–H and O–H groups in total. The molecule has 0 bridgehead atoms. The SMILES string of the molecule is COC(=O)c1ccc2c(c1)NC(=O)/C2=C(\Nc1ccc(N(C)C(=O)CN2CCCC2)cc1)c1ccccc1. The Bertz CT molecular complexity index is 1390. The summed E-state index contributed by atoms with van der Waals surface area (Å²) in [4.78, 5) is 41.8. The van der Waals surface area contributed by atoms with E-state index < -0.39 is 5.97 Å². The average molecular weight is 511 g/mol. The van der Waals surface area contributed by atoms with Gasteiger partial charge in [-0.2, -0.15) is 0 Å². The lowest BCUT2D eigenvalue weighted by molar-refractivity contribution is -0.119. The number of carbonyl (C=O) groups excluding carboxylic acids is 3. The molecule has 3 aromatic rings. The van der Waals surface area contributed by atoms with Gasteiger partial charge in [-0.1, -0.05) is 36.4 Å². The van der Waals surface area contributed by atoms with E-state index in [0.717, 1.165) is 42.9 Å². The summed E-state index contributed by atoms with van der Waals surface area (Å²) in [5.74, 6) is -0.674. The first-order chi connectivity index (χ1) is 18.4. The van der Waals surface area contributed by atoms with Crippen molar-refractivity contribution < 1.29 is 19.1 Å². The van der Waals surface area contributed by atoms with E-state index in [-0.39, 0.29) is 11.8 Å². The molecular formula is C30H30N4O4. The second-order valence-corrected chi connectivity index (χ2v) is 9.43. The molecule has 2 heterocycles. The molecule has 2 aliphatic rings. The molecule has 5 rings (SSSR count). The molecule has 0 unspecified atom stereocenters. The van der Waals surface area contributed by atoms with Gasteiger partial charge in [0.05, 0.1) is 36.2 Å². The zero-order valence-electron chi connectivity index (χ0n) is 21.5. The minimum absolute atomic E-state index is 0.0604. The fourth-order valence-corrected chi connectivity index (χ4v) is 4.84. The van der Waals surface area contributed by atoms with E-state index >= 15 is 0 Å². The number of benzene rings is 3. The molecule has 0 aromatic heterocycles. The number of methoxy groups -OCH3 is 1. The third-order valence-corrected chi connectivity index (χ3v) is 6.95. The van der Waals surface area contributed by atoms with Crippen LogP contribution >= 0.6 is 0 Å². The fourth-order valence-electron chi connectivity index (χ4n) is 4.84. The second-order valence-electron chi connectivity index (χ2n) is 9.43. The predicted octanol–water partition coefficient (Wildman–Crippen LogP) is 4.46. The first kappa shape index (κ1) is 25.2. The summed E-state index contributed by atoms with van der Waals surface area (Å²) >= 11 is 0. The van der Waals surface area contributed by atoms with Crippen LogP contribution in [0, 0.1) is 0 Å². The van der Waals surface area contributed by atoms with E-state index in [2.05, 4.69) is 15.5 Å². The van der Waals surface area contributed by atoms with E-state index in [0.29, 0.717) is 34.6 Å².